The Morgan fingerprint density at radius 2 is 1.94 bits per heavy atom. The zero-order chi connectivity index (χ0) is 24.7. The summed E-state index contributed by atoms with van der Waals surface area (Å²) in [6.45, 7) is 7.41. The maximum Gasteiger partial charge on any atom is 0.247 e. The Bertz CT molecular complexity index is 890. The molecule has 4 N–H and O–H groups in total. The molecule has 1 aliphatic heterocycles. The van der Waals surface area contributed by atoms with Crippen molar-refractivity contribution in [1.82, 2.24) is 30.5 Å². The van der Waals surface area contributed by atoms with Crippen LogP contribution in [0.4, 0.5) is 0 Å². The topological polar surface area (TPSA) is 144 Å². The van der Waals surface area contributed by atoms with Crippen molar-refractivity contribution in [2.45, 2.75) is 90.3 Å². The van der Waals surface area contributed by atoms with Crippen molar-refractivity contribution in [2.24, 2.45) is 5.73 Å². The van der Waals surface area contributed by atoms with Gasteiger partial charge in [0.15, 0.2) is 0 Å². The maximum absolute atomic E-state index is 12.9. The zero-order valence-electron chi connectivity index (χ0n) is 20.3. The first-order chi connectivity index (χ1) is 16.3. The van der Waals surface area contributed by atoms with E-state index in [1.54, 1.807) is 12.3 Å². The second kappa shape index (κ2) is 12.1. The number of aromatic nitrogens is 3. The molecule has 0 aromatic carbocycles. The fraction of sp³-hybridized carbons (Fsp3) is 0.696. The molecule has 1 aliphatic carbocycles. The second-order valence-corrected chi connectivity index (χ2v) is 9.00. The second-order valence-electron chi connectivity index (χ2n) is 9.00. The van der Waals surface area contributed by atoms with Gasteiger partial charge in [0.1, 0.15) is 12.2 Å². The van der Waals surface area contributed by atoms with E-state index >= 15 is 0 Å². The Hall–Kier alpha value is -2.79. The van der Waals surface area contributed by atoms with Crippen LogP contribution < -0.4 is 16.4 Å². The normalized spacial score (nSPS) is 22.6. The fourth-order valence-electron chi connectivity index (χ4n) is 4.40. The Kier molecular flexibility index (Phi) is 9.17. The van der Waals surface area contributed by atoms with Crippen molar-refractivity contribution in [3.05, 3.63) is 23.5 Å². The summed E-state index contributed by atoms with van der Waals surface area (Å²) >= 11 is 0. The molecule has 34 heavy (non-hydrogen) atoms. The summed E-state index contributed by atoms with van der Waals surface area (Å²) in [5, 5.41) is 13.8. The number of likely N-dealkylation sites (tertiary alicyclic amines) is 1. The van der Waals surface area contributed by atoms with Gasteiger partial charge in [-0.15, -0.1) is 5.10 Å². The van der Waals surface area contributed by atoms with Gasteiger partial charge in [0.05, 0.1) is 31.0 Å². The third-order valence-corrected chi connectivity index (χ3v) is 6.33. The molecule has 0 spiro atoms. The average Bonchev–Trinajstić information content (AvgIpc) is 3.49. The minimum absolute atomic E-state index is 0.00503. The highest BCUT2D eigenvalue weighted by Gasteiger charge is 2.35. The van der Waals surface area contributed by atoms with E-state index in [9.17, 15) is 14.4 Å². The van der Waals surface area contributed by atoms with Crippen LogP contribution in [0.1, 0.15) is 58.6 Å². The first-order valence-corrected chi connectivity index (χ1v) is 12.1. The smallest absolute Gasteiger partial charge is 0.247 e. The van der Waals surface area contributed by atoms with Crippen molar-refractivity contribution in [3.8, 4) is 0 Å². The van der Waals surface area contributed by atoms with Gasteiger partial charge in [0, 0.05) is 31.6 Å². The summed E-state index contributed by atoms with van der Waals surface area (Å²) in [7, 11) is 0. The van der Waals surface area contributed by atoms with E-state index in [1.165, 1.54) is 11.6 Å². The van der Waals surface area contributed by atoms with Gasteiger partial charge in [-0.1, -0.05) is 19.1 Å². The first-order valence-electron chi connectivity index (χ1n) is 12.1. The van der Waals surface area contributed by atoms with Crippen molar-refractivity contribution in [1.29, 1.82) is 0 Å². The standard InChI is InChI=1S/C23H37N7O4/c1-4-18(5-2)34-20-11-16(10-19(24)22(20)26-15(3)31)23(33)25-12-17-13-30(28-27-17)14-21(32)29-8-6-7-9-29/h11,13,18-20,22H,4-10,12,14,24H2,1-3H3,(H,25,33)(H,26,31)/t19-,20+,22+/m0/s1. The molecule has 1 fully saturated rings. The third-order valence-electron chi connectivity index (χ3n) is 6.33. The monoisotopic (exact) mass is 475 g/mol. The van der Waals surface area contributed by atoms with E-state index in [0.717, 1.165) is 38.8 Å². The van der Waals surface area contributed by atoms with Crippen molar-refractivity contribution in [2.75, 3.05) is 13.1 Å². The lowest BCUT2D eigenvalue weighted by Crippen LogP contribution is -2.57. The molecule has 3 atom stereocenters. The minimum Gasteiger partial charge on any atom is -0.369 e. The molecule has 3 amide bonds. The van der Waals surface area contributed by atoms with E-state index in [0.29, 0.717) is 17.7 Å². The number of hydrogen-bond acceptors (Lipinski definition) is 7. The van der Waals surface area contributed by atoms with Gasteiger partial charge >= 0.3 is 0 Å². The van der Waals surface area contributed by atoms with E-state index in [-0.39, 0.29) is 36.9 Å². The van der Waals surface area contributed by atoms with Gasteiger partial charge < -0.3 is 26.0 Å². The number of ether oxygens (including phenoxy) is 1. The van der Waals surface area contributed by atoms with Crippen LogP contribution in [0.5, 0.6) is 0 Å². The Morgan fingerprint density at radius 1 is 1.24 bits per heavy atom. The quantitative estimate of drug-likeness (QED) is 0.440. The summed E-state index contributed by atoms with van der Waals surface area (Å²) < 4.78 is 7.68. The highest BCUT2D eigenvalue weighted by molar-refractivity contribution is 5.93. The van der Waals surface area contributed by atoms with Crippen LogP contribution in [-0.2, 0) is 32.2 Å². The van der Waals surface area contributed by atoms with E-state index in [1.807, 2.05) is 18.7 Å². The van der Waals surface area contributed by atoms with Crippen LogP contribution in [0.15, 0.2) is 17.8 Å². The highest BCUT2D eigenvalue weighted by atomic mass is 16.5. The molecular weight excluding hydrogens is 438 g/mol. The van der Waals surface area contributed by atoms with Crippen LogP contribution in [0.3, 0.4) is 0 Å². The van der Waals surface area contributed by atoms with Crippen molar-refractivity contribution in [3.63, 3.8) is 0 Å². The number of nitrogens with two attached hydrogens (primary N) is 1. The number of carbonyl (C=O) groups excluding carboxylic acids is 3. The molecule has 0 saturated carbocycles. The van der Waals surface area contributed by atoms with Crippen LogP contribution in [-0.4, -0.2) is 75.0 Å². The van der Waals surface area contributed by atoms with Gasteiger partial charge in [-0.25, -0.2) is 4.68 Å². The van der Waals surface area contributed by atoms with E-state index in [4.69, 9.17) is 10.5 Å². The molecule has 188 valence electrons. The molecular formula is C23H37N7O4. The Balaban J connectivity index is 1.60. The largest absolute Gasteiger partial charge is 0.369 e. The SMILES string of the molecule is CCC(CC)O[C@@H]1C=C(C(=O)NCc2cn(CC(=O)N3CCCC3)nn2)C[C@H](N)[C@H]1NC(C)=O. The number of rotatable bonds is 10. The van der Waals surface area contributed by atoms with Gasteiger partial charge in [0.25, 0.3) is 0 Å². The minimum atomic E-state index is -0.490. The molecule has 0 radical (unpaired) electrons. The fourth-order valence-corrected chi connectivity index (χ4v) is 4.40. The Morgan fingerprint density at radius 3 is 2.59 bits per heavy atom. The van der Waals surface area contributed by atoms with Crippen molar-refractivity contribution >= 4 is 17.7 Å². The molecule has 0 unspecified atom stereocenters. The number of amides is 3. The Labute approximate surface area is 200 Å². The molecule has 1 saturated heterocycles. The van der Waals surface area contributed by atoms with Crippen LogP contribution >= 0.6 is 0 Å². The van der Waals surface area contributed by atoms with Crippen LogP contribution in [0, 0.1) is 0 Å². The number of nitrogens with one attached hydrogen (secondary N) is 2. The molecule has 0 bridgehead atoms. The lowest BCUT2D eigenvalue weighted by molar-refractivity contribution is -0.131. The van der Waals surface area contributed by atoms with Crippen LogP contribution in [0.2, 0.25) is 0 Å². The molecule has 3 rings (SSSR count). The molecule has 2 aliphatic rings. The predicted molar refractivity (Wildman–Crippen MR) is 125 cm³/mol. The molecule has 1 aromatic rings. The number of hydrogen-bond donors (Lipinski definition) is 3. The van der Waals surface area contributed by atoms with E-state index in [2.05, 4.69) is 20.9 Å². The van der Waals surface area contributed by atoms with Gasteiger partial charge in [-0.05, 0) is 38.2 Å². The molecule has 11 heteroatoms. The number of carbonyl (C=O) groups is 3. The maximum atomic E-state index is 12.9. The molecule has 1 aromatic heterocycles. The third kappa shape index (κ3) is 6.86. The summed E-state index contributed by atoms with van der Waals surface area (Å²) in [5.41, 5.74) is 7.41. The number of nitrogens with zero attached hydrogens (tertiary/aromatic N) is 4. The van der Waals surface area contributed by atoms with Gasteiger partial charge in [-0.3, -0.25) is 14.4 Å². The summed E-state index contributed by atoms with van der Waals surface area (Å²) in [6, 6.07) is -0.853. The predicted octanol–water partition coefficient (Wildman–Crippen LogP) is 0.253. The summed E-state index contributed by atoms with van der Waals surface area (Å²) in [4.78, 5) is 38.7. The summed E-state index contributed by atoms with van der Waals surface area (Å²) in [5.74, 6) is -0.430. The highest BCUT2D eigenvalue weighted by Crippen LogP contribution is 2.23. The average molecular weight is 476 g/mol. The zero-order valence-corrected chi connectivity index (χ0v) is 20.3. The first kappa shape index (κ1) is 25.8. The van der Waals surface area contributed by atoms with Crippen molar-refractivity contribution < 1.29 is 19.1 Å². The van der Waals surface area contributed by atoms with E-state index < -0.39 is 18.2 Å². The lowest BCUT2D eigenvalue weighted by atomic mass is 9.87. The summed E-state index contributed by atoms with van der Waals surface area (Å²) in [6.07, 6.45) is 6.98. The van der Waals surface area contributed by atoms with Crippen LogP contribution in [0.25, 0.3) is 0 Å². The molecule has 11 nitrogen and oxygen atoms in total. The lowest BCUT2D eigenvalue weighted by Gasteiger charge is -2.36. The molecule has 2 heterocycles. The van der Waals surface area contributed by atoms with Gasteiger partial charge in [0.2, 0.25) is 17.7 Å². The van der Waals surface area contributed by atoms with Gasteiger partial charge in [-0.2, -0.15) is 0 Å².